The first kappa shape index (κ1) is 20.2. The lowest BCUT2D eigenvalue weighted by Crippen LogP contribution is -2.40. The van der Waals surface area contributed by atoms with Crippen LogP contribution in [0.4, 0.5) is 4.79 Å². The molecule has 1 aromatic heterocycles. The number of benzene rings is 1. The zero-order valence-electron chi connectivity index (χ0n) is 17.5. The number of carbonyl (C=O) groups is 2. The number of amides is 2. The second-order valence-corrected chi connectivity index (χ2v) is 8.35. The monoisotopic (exact) mass is 386 g/mol. The van der Waals surface area contributed by atoms with E-state index in [4.69, 9.17) is 9.15 Å². The zero-order chi connectivity index (χ0) is 20.5. The smallest absolute Gasteiger partial charge is 0.410 e. The summed E-state index contributed by atoms with van der Waals surface area (Å²) in [4.78, 5) is 28.9. The van der Waals surface area contributed by atoms with Gasteiger partial charge >= 0.3 is 6.09 Å². The van der Waals surface area contributed by atoms with Gasteiger partial charge in [0.1, 0.15) is 11.2 Å². The van der Waals surface area contributed by atoms with Crippen LogP contribution in [0.2, 0.25) is 0 Å². The molecule has 1 aromatic carbocycles. The van der Waals surface area contributed by atoms with E-state index < -0.39 is 5.60 Å². The van der Waals surface area contributed by atoms with Gasteiger partial charge in [0.25, 0.3) is 5.91 Å². The second kappa shape index (κ2) is 7.86. The summed E-state index contributed by atoms with van der Waals surface area (Å²) in [5.41, 5.74) is 2.31. The number of nitrogens with zero attached hydrogens (tertiary/aromatic N) is 2. The Balaban J connectivity index is 1.74. The van der Waals surface area contributed by atoms with E-state index in [1.54, 1.807) is 9.80 Å². The van der Waals surface area contributed by atoms with Gasteiger partial charge in [-0.1, -0.05) is 13.0 Å². The summed E-state index contributed by atoms with van der Waals surface area (Å²) in [5.74, 6) is 0.284. The number of furan rings is 1. The van der Waals surface area contributed by atoms with Gasteiger partial charge in [-0.2, -0.15) is 0 Å². The largest absolute Gasteiger partial charge is 0.451 e. The number of rotatable bonds is 2. The molecule has 6 nitrogen and oxygen atoms in total. The van der Waals surface area contributed by atoms with Crippen molar-refractivity contribution in [1.82, 2.24) is 9.80 Å². The first-order valence-electron chi connectivity index (χ1n) is 9.99. The van der Waals surface area contributed by atoms with Crippen molar-refractivity contribution in [2.45, 2.75) is 53.1 Å². The van der Waals surface area contributed by atoms with Gasteiger partial charge in [0.15, 0.2) is 5.76 Å². The van der Waals surface area contributed by atoms with Crippen molar-refractivity contribution in [1.29, 1.82) is 0 Å². The molecule has 3 rings (SSSR count). The molecule has 0 bridgehead atoms. The van der Waals surface area contributed by atoms with Crippen molar-refractivity contribution in [2.24, 2.45) is 0 Å². The minimum atomic E-state index is -0.526. The molecule has 152 valence electrons. The molecule has 1 saturated heterocycles. The summed E-state index contributed by atoms with van der Waals surface area (Å²) in [5, 5.41) is 0.993. The molecule has 1 aliphatic heterocycles. The highest BCUT2D eigenvalue weighted by Crippen LogP contribution is 2.28. The van der Waals surface area contributed by atoms with Gasteiger partial charge in [-0.25, -0.2) is 4.79 Å². The lowest BCUT2D eigenvalue weighted by atomic mass is 10.1. The van der Waals surface area contributed by atoms with Gasteiger partial charge in [0.05, 0.1) is 0 Å². The second-order valence-electron chi connectivity index (χ2n) is 8.35. The van der Waals surface area contributed by atoms with E-state index in [1.165, 1.54) is 5.56 Å². The van der Waals surface area contributed by atoms with Crippen molar-refractivity contribution < 1.29 is 18.7 Å². The highest BCUT2D eigenvalue weighted by Gasteiger charge is 2.28. The lowest BCUT2D eigenvalue weighted by molar-refractivity contribution is 0.0255. The van der Waals surface area contributed by atoms with Crippen LogP contribution < -0.4 is 0 Å². The standard InChI is InChI=1S/C22H30N2O4/c1-6-16-8-9-18-17(14-16)15(2)19(27-18)20(25)23-10-7-11-24(13-12-23)21(26)28-22(3,4)5/h8-9,14H,6-7,10-13H2,1-5H3. The van der Waals surface area contributed by atoms with Crippen LogP contribution in [0.15, 0.2) is 22.6 Å². The fourth-order valence-electron chi connectivity index (χ4n) is 3.47. The van der Waals surface area contributed by atoms with Gasteiger partial charge in [0, 0.05) is 37.1 Å². The van der Waals surface area contributed by atoms with E-state index in [9.17, 15) is 9.59 Å². The number of hydrogen-bond donors (Lipinski definition) is 0. The fraction of sp³-hybridized carbons (Fsp3) is 0.545. The Morgan fingerprint density at radius 1 is 1.11 bits per heavy atom. The maximum absolute atomic E-state index is 13.1. The number of ether oxygens (including phenoxy) is 1. The summed E-state index contributed by atoms with van der Waals surface area (Å²) < 4.78 is 11.4. The molecule has 1 fully saturated rings. The Kier molecular flexibility index (Phi) is 5.68. The molecule has 0 aliphatic carbocycles. The maximum atomic E-state index is 13.1. The van der Waals surface area contributed by atoms with Crippen LogP contribution in [-0.4, -0.2) is 53.6 Å². The third kappa shape index (κ3) is 4.32. The van der Waals surface area contributed by atoms with E-state index in [0.29, 0.717) is 38.4 Å². The SMILES string of the molecule is CCc1ccc2oc(C(=O)N3CCCN(C(=O)OC(C)(C)C)CC3)c(C)c2c1. The van der Waals surface area contributed by atoms with Crippen molar-refractivity contribution in [2.75, 3.05) is 26.2 Å². The lowest BCUT2D eigenvalue weighted by Gasteiger charge is -2.26. The third-order valence-electron chi connectivity index (χ3n) is 5.04. The van der Waals surface area contributed by atoms with Crippen LogP contribution in [0.1, 0.15) is 55.8 Å². The molecular weight excluding hydrogens is 356 g/mol. The van der Waals surface area contributed by atoms with Gasteiger partial charge in [-0.05, 0) is 58.2 Å². The fourth-order valence-corrected chi connectivity index (χ4v) is 3.47. The van der Waals surface area contributed by atoms with Crippen LogP contribution in [0.25, 0.3) is 11.0 Å². The van der Waals surface area contributed by atoms with E-state index in [2.05, 4.69) is 13.0 Å². The molecule has 0 spiro atoms. The molecule has 0 saturated carbocycles. The van der Waals surface area contributed by atoms with Crippen LogP contribution in [0.3, 0.4) is 0 Å². The van der Waals surface area contributed by atoms with Crippen molar-refractivity contribution >= 4 is 23.0 Å². The molecule has 0 unspecified atom stereocenters. The minimum absolute atomic E-state index is 0.113. The Labute approximate surface area is 166 Å². The summed E-state index contributed by atoms with van der Waals surface area (Å²) in [6, 6.07) is 6.06. The number of fused-ring (bicyclic) bond motifs is 1. The minimum Gasteiger partial charge on any atom is -0.451 e. The average Bonchev–Trinajstić information content (AvgIpc) is 2.82. The Morgan fingerprint density at radius 3 is 2.46 bits per heavy atom. The highest BCUT2D eigenvalue weighted by atomic mass is 16.6. The van der Waals surface area contributed by atoms with Crippen LogP contribution in [0, 0.1) is 6.92 Å². The van der Waals surface area contributed by atoms with Crippen molar-refractivity contribution in [3.8, 4) is 0 Å². The summed E-state index contributed by atoms with van der Waals surface area (Å²) in [6.45, 7) is 11.7. The number of carbonyl (C=O) groups excluding carboxylic acids is 2. The molecule has 0 N–H and O–H groups in total. The highest BCUT2D eigenvalue weighted by molar-refractivity contribution is 5.99. The first-order valence-corrected chi connectivity index (χ1v) is 9.99. The van der Waals surface area contributed by atoms with Gasteiger partial charge in [0.2, 0.25) is 0 Å². The number of hydrogen-bond acceptors (Lipinski definition) is 4. The molecule has 28 heavy (non-hydrogen) atoms. The van der Waals surface area contributed by atoms with Crippen LogP contribution in [0.5, 0.6) is 0 Å². The summed E-state index contributed by atoms with van der Waals surface area (Å²) in [7, 11) is 0. The molecule has 1 aliphatic rings. The van der Waals surface area contributed by atoms with Crippen LogP contribution in [-0.2, 0) is 11.2 Å². The molecule has 2 amide bonds. The Hall–Kier alpha value is -2.50. The molecule has 2 aromatic rings. The zero-order valence-corrected chi connectivity index (χ0v) is 17.5. The van der Waals surface area contributed by atoms with E-state index in [0.717, 1.165) is 23.0 Å². The number of aryl methyl sites for hydroxylation is 2. The maximum Gasteiger partial charge on any atom is 0.410 e. The van der Waals surface area contributed by atoms with Crippen molar-refractivity contribution in [3.63, 3.8) is 0 Å². The Bertz CT molecular complexity index is 879. The predicted molar refractivity (Wildman–Crippen MR) is 109 cm³/mol. The summed E-state index contributed by atoms with van der Waals surface area (Å²) >= 11 is 0. The van der Waals surface area contributed by atoms with Gasteiger partial charge < -0.3 is 19.0 Å². The van der Waals surface area contributed by atoms with Crippen molar-refractivity contribution in [3.05, 3.63) is 35.1 Å². The van der Waals surface area contributed by atoms with Crippen LogP contribution >= 0.6 is 0 Å². The van der Waals surface area contributed by atoms with E-state index in [1.807, 2.05) is 39.8 Å². The average molecular weight is 386 g/mol. The molecule has 6 heteroatoms. The van der Waals surface area contributed by atoms with E-state index >= 15 is 0 Å². The molecule has 0 atom stereocenters. The first-order chi connectivity index (χ1) is 13.2. The van der Waals surface area contributed by atoms with E-state index in [-0.39, 0.29) is 12.0 Å². The van der Waals surface area contributed by atoms with Gasteiger partial charge in [-0.15, -0.1) is 0 Å². The normalized spacial score (nSPS) is 15.6. The quantitative estimate of drug-likeness (QED) is 0.768. The molecular formula is C22H30N2O4. The predicted octanol–water partition coefficient (Wildman–Crippen LogP) is 4.39. The van der Waals surface area contributed by atoms with Gasteiger partial charge in [-0.3, -0.25) is 4.79 Å². The summed E-state index contributed by atoms with van der Waals surface area (Å²) in [6.07, 6.45) is 1.33. The molecule has 0 radical (unpaired) electrons. The Morgan fingerprint density at radius 2 is 1.79 bits per heavy atom. The molecule has 2 heterocycles. The third-order valence-corrected chi connectivity index (χ3v) is 5.04. The topological polar surface area (TPSA) is 63.0 Å².